The van der Waals surface area contributed by atoms with Gasteiger partial charge in [0.25, 0.3) is 11.8 Å². The smallest absolute Gasteiger partial charge is 0.276 e. The predicted octanol–water partition coefficient (Wildman–Crippen LogP) is 2.11. The Morgan fingerprint density at radius 3 is 2.45 bits per heavy atom. The van der Waals surface area contributed by atoms with Crippen LogP contribution >= 0.6 is 0 Å². The van der Waals surface area contributed by atoms with E-state index in [4.69, 9.17) is 0 Å². The zero-order valence-electron chi connectivity index (χ0n) is 18.1. The summed E-state index contributed by atoms with van der Waals surface area (Å²) in [6.45, 7) is 3.37. The second-order valence-corrected chi connectivity index (χ2v) is 8.27. The highest BCUT2D eigenvalue weighted by Crippen LogP contribution is 2.24. The van der Waals surface area contributed by atoms with Gasteiger partial charge in [0.15, 0.2) is 11.4 Å². The Bertz CT molecular complexity index is 1130. The summed E-state index contributed by atoms with van der Waals surface area (Å²) in [7, 11) is 0. The number of carbonyl (C=O) groups excluding carboxylic acids is 2. The van der Waals surface area contributed by atoms with E-state index in [1.54, 1.807) is 0 Å². The number of aromatic nitrogens is 1. The van der Waals surface area contributed by atoms with Crippen LogP contribution in [0.25, 0.3) is 0 Å². The molecule has 33 heavy (non-hydrogen) atoms. The number of fused-ring (bicyclic) bond motifs is 1. The highest BCUT2D eigenvalue weighted by Gasteiger charge is 2.35. The molecule has 0 aliphatic carbocycles. The van der Waals surface area contributed by atoms with Crippen LogP contribution in [-0.2, 0) is 13.1 Å². The second kappa shape index (κ2) is 9.65. The van der Waals surface area contributed by atoms with Crippen LogP contribution in [0.15, 0.2) is 23.1 Å². The van der Waals surface area contributed by atoms with Crippen molar-refractivity contribution in [2.45, 2.75) is 46.0 Å². The summed E-state index contributed by atoms with van der Waals surface area (Å²) in [6, 6.07) is 0.897. The molecule has 1 aromatic carbocycles. The lowest BCUT2D eigenvalue weighted by Gasteiger charge is -2.35. The Hall–Kier alpha value is -3.34. The zero-order valence-corrected chi connectivity index (χ0v) is 18.1. The number of aliphatic hydroxyl groups excluding tert-OH is 1. The third-order valence-corrected chi connectivity index (χ3v) is 5.40. The van der Waals surface area contributed by atoms with Crippen LogP contribution in [-0.4, -0.2) is 44.3 Å². The van der Waals surface area contributed by atoms with Gasteiger partial charge in [0.2, 0.25) is 5.43 Å². The number of hydrogen-bond donors (Lipinski definition) is 3. The van der Waals surface area contributed by atoms with Crippen molar-refractivity contribution in [3.63, 3.8) is 0 Å². The topological polar surface area (TPSA) is 112 Å². The van der Waals surface area contributed by atoms with E-state index in [9.17, 15) is 37.8 Å². The third-order valence-electron chi connectivity index (χ3n) is 5.40. The number of hydrogen-bond acceptors (Lipinski definition) is 5. The summed E-state index contributed by atoms with van der Waals surface area (Å²) < 4.78 is 41.7. The molecular formula is C22H24F3N3O5. The fourth-order valence-electron chi connectivity index (χ4n) is 3.65. The average molecular weight is 467 g/mol. The molecule has 2 amide bonds. The Kier molecular flexibility index (Phi) is 7.11. The van der Waals surface area contributed by atoms with Gasteiger partial charge in [-0.05, 0) is 18.8 Å². The number of nitrogens with zero attached hydrogens (tertiary/aromatic N) is 2. The van der Waals surface area contributed by atoms with Crippen LogP contribution in [0.4, 0.5) is 13.2 Å². The minimum atomic E-state index is -1.24. The number of amides is 2. The van der Waals surface area contributed by atoms with Crippen molar-refractivity contribution in [3.8, 4) is 5.75 Å². The van der Waals surface area contributed by atoms with Crippen molar-refractivity contribution >= 4 is 11.8 Å². The number of aromatic hydroxyl groups is 1. The molecular weight excluding hydrogens is 443 g/mol. The first-order chi connectivity index (χ1) is 15.5. The molecule has 8 nitrogen and oxygen atoms in total. The van der Waals surface area contributed by atoms with Crippen LogP contribution in [0.2, 0.25) is 0 Å². The minimum Gasteiger partial charge on any atom is -0.503 e. The Morgan fingerprint density at radius 2 is 1.85 bits per heavy atom. The lowest BCUT2D eigenvalue weighted by atomic mass is 10.1. The summed E-state index contributed by atoms with van der Waals surface area (Å²) >= 11 is 0. The molecule has 178 valence electrons. The number of carbonyl (C=O) groups is 2. The number of halogens is 3. The molecule has 3 rings (SSSR count). The molecule has 0 spiro atoms. The Morgan fingerprint density at radius 1 is 1.21 bits per heavy atom. The number of pyridine rings is 1. The normalized spacial score (nSPS) is 15.7. The summed E-state index contributed by atoms with van der Waals surface area (Å²) in [5.74, 6) is -5.96. The number of benzene rings is 1. The van der Waals surface area contributed by atoms with E-state index in [-0.39, 0.29) is 18.8 Å². The van der Waals surface area contributed by atoms with Crippen LogP contribution < -0.4 is 10.7 Å². The maximum atomic E-state index is 13.8. The van der Waals surface area contributed by atoms with Crippen molar-refractivity contribution in [3.05, 3.63) is 62.8 Å². The van der Waals surface area contributed by atoms with Gasteiger partial charge in [0.1, 0.15) is 29.2 Å². The largest absolute Gasteiger partial charge is 0.503 e. The highest BCUT2D eigenvalue weighted by molar-refractivity contribution is 5.99. The molecule has 1 aliphatic rings. The van der Waals surface area contributed by atoms with Crippen LogP contribution in [0, 0.1) is 23.4 Å². The highest BCUT2D eigenvalue weighted by atomic mass is 19.1. The third kappa shape index (κ3) is 5.03. The molecule has 1 aliphatic heterocycles. The summed E-state index contributed by atoms with van der Waals surface area (Å²) in [4.78, 5) is 39.0. The van der Waals surface area contributed by atoms with Crippen LogP contribution in [0.5, 0.6) is 5.75 Å². The molecule has 0 saturated carbocycles. The van der Waals surface area contributed by atoms with Gasteiger partial charge in [0, 0.05) is 37.0 Å². The molecule has 0 bridgehead atoms. The van der Waals surface area contributed by atoms with E-state index < -0.39 is 64.3 Å². The van der Waals surface area contributed by atoms with Crippen molar-refractivity contribution < 1.29 is 33.0 Å². The quantitative estimate of drug-likeness (QED) is 0.578. The predicted molar refractivity (Wildman–Crippen MR) is 111 cm³/mol. The summed E-state index contributed by atoms with van der Waals surface area (Å²) in [5.41, 5.74) is -2.71. The molecule has 1 aromatic heterocycles. The van der Waals surface area contributed by atoms with Gasteiger partial charge in [-0.3, -0.25) is 14.4 Å². The standard InChI is InChI=1S/C22H24F3N3O5/c1-11(2)4-3-5-28-17(29)10-27-9-14(19(30)20(31)18(27)22(28)33)21(32)26-8-13-15(24)6-12(23)7-16(13)25/h6-7,9,11,17,29,31H,3-5,8,10H2,1-2H3,(H,26,32). The zero-order chi connectivity index (χ0) is 24.4. The van der Waals surface area contributed by atoms with Gasteiger partial charge in [0.05, 0.1) is 6.54 Å². The van der Waals surface area contributed by atoms with Gasteiger partial charge in [-0.2, -0.15) is 0 Å². The number of nitrogens with one attached hydrogen (secondary N) is 1. The molecule has 11 heteroatoms. The maximum Gasteiger partial charge on any atom is 0.276 e. The van der Waals surface area contributed by atoms with Gasteiger partial charge >= 0.3 is 0 Å². The van der Waals surface area contributed by atoms with E-state index in [0.717, 1.165) is 22.1 Å². The molecule has 0 saturated heterocycles. The van der Waals surface area contributed by atoms with E-state index in [1.807, 2.05) is 13.8 Å². The average Bonchev–Trinajstić information content (AvgIpc) is 2.71. The van der Waals surface area contributed by atoms with Gasteiger partial charge < -0.3 is 25.0 Å². The van der Waals surface area contributed by atoms with E-state index in [1.165, 1.54) is 0 Å². The summed E-state index contributed by atoms with van der Waals surface area (Å²) in [5, 5.41) is 22.9. The monoisotopic (exact) mass is 467 g/mol. The number of rotatable bonds is 7. The first-order valence-corrected chi connectivity index (χ1v) is 10.4. The van der Waals surface area contributed by atoms with E-state index in [2.05, 4.69) is 5.32 Å². The molecule has 1 atom stereocenters. The Balaban J connectivity index is 1.84. The molecule has 0 radical (unpaired) electrons. The lowest BCUT2D eigenvalue weighted by molar-refractivity contribution is -0.0132. The van der Waals surface area contributed by atoms with Gasteiger partial charge in [-0.15, -0.1) is 0 Å². The second-order valence-electron chi connectivity index (χ2n) is 8.27. The fourth-order valence-corrected chi connectivity index (χ4v) is 3.65. The molecule has 1 unspecified atom stereocenters. The fraction of sp³-hybridized carbons (Fsp3) is 0.409. The molecule has 2 heterocycles. The molecule has 0 fully saturated rings. The van der Waals surface area contributed by atoms with Crippen LogP contribution in [0.1, 0.15) is 53.1 Å². The van der Waals surface area contributed by atoms with E-state index >= 15 is 0 Å². The van der Waals surface area contributed by atoms with Crippen LogP contribution in [0.3, 0.4) is 0 Å². The number of aliphatic hydroxyl groups is 1. The van der Waals surface area contributed by atoms with Crippen molar-refractivity contribution in [2.75, 3.05) is 6.54 Å². The summed E-state index contributed by atoms with van der Waals surface area (Å²) in [6.07, 6.45) is 1.18. The first kappa shape index (κ1) is 24.3. The van der Waals surface area contributed by atoms with Crippen molar-refractivity contribution in [1.82, 2.24) is 14.8 Å². The molecule has 3 N–H and O–H groups in total. The van der Waals surface area contributed by atoms with E-state index in [0.29, 0.717) is 24.5 Å². The molecule has 2 aromatic rings. The lowest BCUT2D eigenvalue weighted by Crippen LogP contribution is -2.49. The maximum absolute atomic E-state index is 13.8. The van der Waals surface area contributed by atoms with Crippen molar-refractivity contribution in [1.29, 1.82) is 0 Å². The van der Waals surface area contributed by atoms with Gasteiger partial charge in [-0.1, -0.05) is 13.8 Å². The SMILES string of the molecule is CC(C)CCCN1C(=O)c2c(O)c(=O)c(C(=O)NCc3c(F)cc(F)cc3F)cn2CC1O. The Labute approximate surface area is 187 Å². The minimum absolute atomic E-state index is 0.196. The first-order valence-electron chi connectivity index (χ1n) is 10.4. The van der Waals surface area contributed by atoms with Crippen molar-refractivity contribution in [2.24, 2.45) is 5.92 Å². The van der Waals surface area contributed by atoms with Gasteiger partial charge in [-0.25, -0.2) is 13.2 Å².